The lowest BCUT2D eigenvalue weighted by molar-refractivity contribution is 0.394. The molecule has 0 amide bonds. The van der Waals surface area contributed by atoms with Gasteiger partial charge in [-0.2, -0.15) is 0 Å². The molecule has 0 aliphatic heterocycles. The van der Waals surface area contributed by atoms with Crippen LogP contribution in [0, 0.1) is 5.41 Å². The Bertz CT molecular complexity index is 97.1. The maximum atomic E-state index is 5.84. The van der Waals surface area contributed by atoms with Gasteiger partial charge in [-0.25, -0.2) is 0 Å². The normalized spacial score (nSPS) is 17.1. The van der Waals surface area contributed by atoms with Crippen LogP contribution < -0.4 is 0 Å². The van der Waals surface area contributed by atoms with Crippen molar-refractivity contribution in [1.29, 1.82) is 0 Å². The molecule has 0 saturated heterocycles. The summed E-state index contributed by atoms with van der Waals surface area (Å²) >= 11 is 17.5. The second-order valence-electron chi connectivity index (χ2n) is 3.63. The van der Waals surface area contributed by atoms with Crippen LogP contribution in [0.1, 0.15) is 27.7 Å². The smallest absolute Gasteiger partial charge is 0.126 e. The van der Waals surface area contributed by atoms with Crippen LogP contribution in [0.4, 0.5) is 0 Å². The minimum Gasteiger partial charge on any atom is -0.126 e. The Morgan fingerprint density at radius 3 is 1.40 bits per heavy atom. The van der Waals surface area contributed by atoms with Crippen molar-refractivity contribution in [3.8, 4) is 0 Å². The standard InChI is InChI=1S/C6H13Cl3Si/c1-5(6(2,3)4)10(7,8)9/h5H,1-4H3. The molecule has 0 N–H and O–H groups in total. The topological polar surface area (TPSA) is 0 Å². The summed E-state index contributed by atoms with van der Waals surface area (Å²) in [6.45, 7) is 8.27. The molecule has 0 aromatic carbocycles. The summed E-state index contributed by atoms with van der Waals surface area (Å²) in [6.07, 6.45) is 0. The third-order valence-corrected chi connectivity index (χ3v) is 6.58. The molecular weight excluding hydrogens is 207 g/mol. The maximum absolute atomic E-state index is 5.84. The molecule has 0 radical (unpaired) electrons. The molecule has 0 fully saturated rings. The van der Waals surface area contributed by atoms with Crippen molar-refractivity contribution in [3.05, 3.63) is 0 Å². The van der Waals surface area contributed by atoms with E-state index in [9.17, 15) is 0 Å². The van der Waals surface area contributed by atoms with Gasteiger partial charge in [0.2, 0.25) is 0 Å². The highest BCUT2D eigenvalue weighted by Crippen LogP contribution is 2.44. The van der Waals surface area contributed by atoms with E-state index in [0.29, 0.717) is 0 Å². The van der Waals surface area contributed by atoms with E-state index in [-0.39, 0.29) is 11.0 Å². The van der Waals surface area contributed by atoms with Crippen LogP contribution in [0.25, 0.3) is 0 Å². The van der Waals surface area contributed by atoms with E-state index in [0.717, 1.165) is 0 Å². The van der Waals surface area contributed by atoms with E-state index in [1.54, 1.807) is 0 Å². The SMILES string of the molecule is CC(C(C)(C)C)[Si](Cl)(Cl)Cl. The molecule has 4 heteroatoms. The molecule has 1 unspecified atom stereocenters. The largest absolute Gasteiger partial charge is 0.344 e. The van der Waals surface area contributed by atoms with Gasteiger partial charge in [-0.3, -0.25) is 0 Å². The Hall–Kier alpha value is 1.09. The lowest BCUT2D eigenvalue weighted by Gasteiger charge is -2.30. The van der Waals surface area contributed by atoms with Crippen molar-refractivity contribution in [3.63, 3.8) is 0 Å². The van der Waals surface area contributed by atoms with Crippen LogP contribution in [-0.4, -0.2) is 6.00 Å². The summed E-state index contributed by atoms with van der Waals surface area (Å²) in [5, 5.41) is 0. The molecule has 0 saturated carbocycles. The van der Waals surface area contributed by atoms with Crippen molar-refractivity contribution in [2.45, 2.75) is 33.2 Å². The predicted octanol–water partition coefficient (Wildman–Crippen LogP) is 4.08. The summed E-state index contributed by atoms with van der Waals surface area (Å²) in [5.41, 5.74) is 0.308. The summed E-state index contributed by atoms with van der Waals surface area (Å²) in [4.78, 5) is 0. The molecule has 0 rings (SSSR count). The molecule has 0 bridgehead atoms. The second kappa shape index (κ2) is 3.22. The van der Waals surface area contributed by atoms with Crippen molar-refractivity contribution >= 4 is 39.2 Å². The summed E-state index contributed by atoms with van der Waals surface area (Å²) in [6, 6.07) is -2.48. The van der Waals surface area contributed by atoms with Crippen LogP contribution in [-0.2, 0) is 0 Å². The third kappa shape index (κ3) is 3.47. The van der Waals surface area contributed by atoms with E-state index < -0.39 is 6.00 Å². The van der Waals surface area contributed by atoms with Gasteiger partial charge in [0, 0.05) is 0 Å². The highest BCUT2D eigenvalue weighted by molar-refractivity contribution is 7.65. The third-order valence-electron chi connectivity index (χ3n) is 1.79. The van der Waals surface area contributed by atoms with Crippen LogP contribution in [0.3, 0.4) is 0 Å². The fourth-order valence-electron chi connectivity index (χ4n) is 0.491. The van der Waals surface area contributed by atoms with E-state index in [2.05, 4.69) is 20.8 Å². The predicted molar refractivity (Wildman–Crippen MR) is 52.2 cm³/mol. The van der Waals surface area contributed by atoms with Crippen LogP contribution in [0.15, 0.2) is 0 Å². The minimum absolute atomic E-state index is 0.109. The zero-order valence-electron chi connectivity index (χ0n) is 6.71. The highest BCUT2D eigenvalue weighted by atomic mass is 35.8. The van der Waals surface area contributed by atoms with Gasteiger partial charge in [0.05, 0.1) is 0 Å². The average Bonchev–Trinajstić information content (AvgIpc) is 1.59. The van der Waals surface area contributed by atoms with Gasteiger partial charge in [-0.1, -0.05) is 27.7 Å². The molecule has 0 heterocycles. The van der Waals surface area contributed by atoms with Crippen LogP contribution in [0.2, 0.25) is 5.54 Å². The van der Waals surface area contributed by atoms with Gasteiger partial charge in [-0.15, -0.1) is 33.2 Å². The second-order valence-corrected chi connectivity index (χ2v) is 12.7. The van der Waals surface area contributed by atoms with Crippen molar-refractivity contribution in [1.82, 2.24) is 0 Å². The molecule has 0 aromatic heterocycles. The summed E-state index contributed by atoms with van der Waals surface area (Å²) < 4.78 is 0. The zero-order valence-corrected chi connectivity index (χ0v) is 9.98. The van der Waals surface area contributed by atoms with Gasteiger partial charge in [0.1, 0.15) is 0 Å². The monoisotopic (exact) mass is 218 g/mol. The molecule has 0 spiro atoms. The molecule has 62 valence electrons. The summed E-state index contributed by atoms with van der Waals surface area (Å²) in [7, 11) is 0. The van der Waals surface area contributed by atoms with Gasteiger partial charge >= 0.3 is 6.00 Å². The van der Waals surface area contributed by atoms with Crippen molar-refractivity contribution in [2.24, 2.45) is 5.41 Å². The Labute approximate surface area is 78.0 Å². The first-order valence-electron chi connectivity index (χ1n) is 3.22. The molecule has 10 heavy (non-hydrogen) atoms. The van der Waals surface area contributed by atoms with Gasteiger partial charge < -0.3 is 0 Å². The molecular formula is C6H13Cl3Si. The molecule has 1 atom stereocenters. The van der Waals surface area contributed by atoms with Crippen molar-refractivity contribution in [2.75, 3.05) is 0 Å². The fourth-order valence-corrected chi connectivity index (χ4v) is 4.42. The molecule has 0 nitrogen and oxygen atoms in total. The number of hydrogen-bond acceptors (Lipinski definition) is 0. The van der Waals surface area contributed by atoms with E-state index in [4.69, 9.17) is 33.2 Å². The first-order chi connectivity index (χ1) is 4.15. The minimum atomic E-state index is -2.48. The molecule has 0 aliphatic rings. The zero-order chi connectivity index (χ0) is 8.58. The number of hydrogen-bond donors (Lipinski definition) is 0. The van der Waals surface area contributed by atoms with E-state index in [1.807, 2.05) is 6.92 Å². The van der Waals surface area contributed by atoms with Crippen molar-refractivity contribution < 1.29 is 0 Å². The number of rotatable bonds is 1. The average molecular weight is 220 g/mol. The fraction of sp³-hybridized carbons (Fsp3) is 1.00. The Morgan fingerprint density at radius 1 is 1.10 bits per heavy atom. The first-order valence-corrected chi connectivity index (χ1v) is 8.33. The lowest BCUT2D eigenvalue weighted by atomic mass is 9.93. The van der Waals surface area contributed by atoms with Gasteiger partial charge in [0.15, 0.2) is 0 Å². The highest BCUT2D eigenvalue weighted by Gasteiger charge is 2.40. The van der Waals surface area contributed by atoms with Crippen LogP contribution in [0.5, 0.6) is 0 Å². The number of halogens is 3. The Morgan fingerprint density at radius 2 is 1.40 bits per heavy atom. The maximum Gasteiger partial charge on any atom is 0.344 e. The molecule has 0 aromatic rings. The lowest BCUT2D eigenvalue weighted by Crippen LogP contribution is -2.28. The van der Waals surface area contributed by atoms with Gasteiger partial charge in [0.25, 0.3) is 0 Å². The quantitative estimate of drug-likeness (QED) is 0.461. The van der Waals surface area contributed by atoms with Gasteiger partial charge in [-0.05, 0) is 11.0 Å². The van der Waals surface area contributed by atoms with Crippen LogP contribution >= 0.6 is 33.2 Å². The summed E-state index contributed by atoms with van der Waals surface area (Å²) in [5.74, 6) is 0. The first kappa shape index (κ1) is 11.1. The Kier molecular flexibility index (Phi) is 3.57. The Balaban J connectivity index is 4.23. The molecule has 0 aliphatic carbocycles. The van der Waals surface area contributed by atoms with E-state index >= 15 is 0 Å². The van der Waals surface area contributed by atoms with E-state index in [1.165, 1.54) is 0 Å².